The summed E-state index contributed by atoms with van der Waals surface area (Å²) >= 11 is 3.38. The van der Waals surface area contributed by atoms with E-state index >= 15 is 0 Å². The molecule has 92 valence electrons. The van der Waals surface area contributed by atoms with E-state index in [2.05, 4.69) is 20.9 Å². The van der Waals surface area contributed by atoms with Crippen LogP contribution in [-0.2, 0) is 0 Å². The third-order valence-corrected chi connectivity index (χ3v) is 3.53. The molecule has 2 aromatic rings. The van der Waals surface area contributed by atoms with Crippen molar-refractivity contribution < 1.29 is 9.90 Å². The molecule has 0 atom stereocenters. The number of aryl methyl sites for hydroxylation is 1. The van der Waals surface area contributed by atoms with E-state index in [1.807, 2.05) is 19.1 Å². The zero-order valence-electron chi connectivity index (χ0n) is 9.53. The Labute approximate surface area is 111 Å². The lowest BCUT2D eigenvalue weighted by Crippen LogP contribution is -2.18. The minimum atomic E-state index is -1.23. The van der Waals surface area contributed by atoms with Crippen molar-refractivity contribution >= 4 is 21.9 Å². The summed E-state index contributed by atoms with van der Waals surface area (Å²) < 4.78 is 0.938. The minimum Gasteiger partial charge on any atom is -0.477 e. The Balaban J connectivity index is 2.71. The second-order valence-electron chi connectivity index (χ2n) is 3.86. The standard InChI is InChI=1S/C13H10BrNO3/c1-7-6-8(2-3-10(7)14)9-4-5-15-12(16)11(9)13(17)18/h2-6H,1H3,(H,15,16)(H,17,18). The predicted octanol–water partition coefficient (Wildman–Crippen LogP) is 2.81. The number of hydrogen-bond acceptors (Lipinski definition) is 2. The van der Waals surface area contributed by atoms with Crippen molar-refractivity contribution in [3.63, 3.8) is 0 Å². The smallest absolute Gasteiger partial charge is 0.341 e. The number of halogens is 1. The highest BCUT2D eigenvalue weighted by Gasteiger charge is 2.16. The van der Waals surface area contributed by atoms with Gasteiger partial charge in [0.1, 0.15) is 5.56 Å². The Morgan fingerprint density at radius 2 is 2.06 bits per heavy atom. The number of carboxylic acid groups (broad SMARTS) is 1. The third kappa shape index (κ3) is 2.22. The van der Waals surface area contributed by atoms with E-state index in [0.717, 1.165) is 10.0 Å². The zero-order chi connectivity index (χ0) is 13.3. The molecule has 0 unspecified atom stereocenters. The predicted molar refractivity (Wildman–Crippen MR) is 71.9 cm³/mol. The van der Waals surface area contributed by atoms with E-state index in [1.165, 1.54) is 6.20 Å². The molecule has 0 aliphatic heterocycles. The number of nitrogens with one attached hydrogen (secondary N) is 1. The summed E-state index contributed by atoms with van der Waals surface area (Å²) in [6.45, 7) is 1.90. The van der Waals surface area contributed by atoms with Gasteiger partial charge in [0.25, 0.3) is 5.56 Å². The molecule has 1 aromatic carbocycles. The van der Waals surface area contributed by atoms with Gasteiger partial charge >= 0.3 is 5.97 Å². The van der Waals surface area contributed by atoms with Crippen molar-refractivity contribution in [2.45, 2.75) is 6.92 Å². The molecule has 2 rings (SSSR count). The van der Waals surface area contributed by atoms with E-state index < -0.39 is 11.5 Å². The van der Waals surface area contributed by atoms with Crippen LogP contribution < -0.4 is 5.56 Å². The van der Waals surface area contributed by atoms with E-state index in [9.17, 15) is 9.59 Å². The van der Waals surface area contributed by atoms with Gasteiger partial charge in [0.2, 0.25) is 0 Å². The van der Waals surface area contributed by atoms with Crippen LogP contribution >= 0.6 is 15.9 Å². The molecule has 5 heteroatoms. The van der Waals surface area contributed by atoms with Gasteiger partial charge in [0, 0.05) is 16.2 Å². The normalized spacial score (nSPS) is 10.3. The summed E-state index contributed by atoms with van der Waals surface area (Å²) in [5.74, 6) is -1.23. The average Bonchev–Trinajstić information content (AvgIpc) is 2.32. The van der Waals surface area contributed by atoms with Crippen LogP contribution in [0.15, 0.2) is 39.7 Å². The van der Waals surface area contributed by atoms with Crippen LogP contribution in [0.2, 0.25) is 0 Å². The second kappa shape index (κ2) is 4.78. The lowest BCUT2D eigenvalue weighted by Gasteiger charge is -2.07. The summed E-state index contributed by atoms with van der Waals surface area (Å²) in [4.78, 5) is 25.1. The molecule has 0 saturated heterocycles. The minimum absolute atomic E-state index is 0.237. The topological polar surface area (TPSA) is 70.2 Å². The van der Waals surface area contributed by atoms with Crippen LogP contribution in [0.3, 0.4) is 0 Å². The maximum absolute atomic E-state index is 11.6. The highest BCUT2D eigenvalue weighted by atomic mass is 79.9. The first-order valence-corrected chi connectivity index (χ1v) is 6.01. The second-order valence-corrected chi connectivity index (χ2v) is 4.72. The summed E-state index contributed by atoms with van der Waals surface area (Å²) in [6.07, 6.45) is 1.45. The number of H-pyrrole nitrogens is 1. The fourth-order valence-electron chi connectivity index (χ4n) is 1.74. The molecule has 0 bridgehead atoms. The number of carbonyl (C=O) groups is 1. The molecule has 0 aliphatic rings. The van der Waals surface area contributed by atoms with Gasteiger partial charge in [-0.25, -0.2) is 4.79 Å². The molecule has 0 spiro atoms. The molecule has 0 amide bonds. The molecular weight excluding hydrogens is 298 g/mol. The van der Waals surface area contributed by atoms with Gasteiger partial charge in [-0.1, -0.05) is 28.1 Å². The first kappa shape index (κ1) is 12.6. The number of hydrogen-bond donors (Lipinski definition) is 2. The zero-order valence-corrected chi connectivity index (χ0v) is 11.1. The van der Waals surface area contributed by atoms with E-state index in [-0.39, 0.29) is 5.56 Å². The quantitative estimate of drug-likeness (QED) is 0.896. The Morgan fingerprint density at radius 3 is 2.67 bits per heavy atom. The Morgan fingerprint density at radius 1 is 1.33 bits per heavy atom. The van der Waals surface area contributed by atoms with Crippen molar-refractivity contribution in [3.8, 4) is 11.1 Å². The maximum atomic E-state index is 11.6. The van der Waals surface area contributed by atoms with Crippen LogP contribution in [0.1, 0.15) is 15.9 Å². The maximum Gasteiger partial charge on any atom is 0.341 e. The first-order chi connectivity index (χ1) is 8.50. The number of pyridine rings is 1. The number of rotatable bonds is 2. The average molecular weight is 308 g/mol. The highest BCUT2D eigenvalue weighted by Crippen LogP contribution is 2.26. The Kier molecular flexibility index (Phi) is 3.34. The van der Waals surface area contributed by atoms with Gasteiger partial charge in [-0.15, -0.1) is 0 Å². The highest BCUT2D eigenvalue weighted by molar-refractivity contribution is 9.10. The summed E-state index contributed by atoms with van der Waals surface area (Å²) in [5, 5.41) is 9.10. The van der Waals surface area contributed by atoms with Crippen LogP contribution in [0, 0.1) is 6.92 Å². The molecule has 4 nitrogen and oxygen atoms in total. The third-order valence-electron chi connectivity index (χ3n) is 2.64. The SMILES string of the molecule is Cc1cc(-c2cc[nH]c(=O)c2C(=O)O)ccc1Br. The summed E-state index contributed by atoms with van der Waals surface area (Å²) in [6, 6.07) is 7.04. The summed E-state index contributed by atoms with van der Waals surface area (Å²) in [5.41, 5.74) is 1.27. The number of aromatic nitrogens is 1. The van der Waals surface area contributed by atoms with Gasteiger partial charge in [-0.05, 0) is 30.2 Å². The molecule has 1 heterocycles. The molecule has 1 aromatic heterocycles. The van der Waals surface area contributed by atoms with Gasteiger partial charge in [0.05, 0.1) is 0 Å². The van der Waals surface area contributed by atoms with Crippen LogP contribution in [0.25, 0.3) is 11.1 Å². The number of carboxylic acids is 1. The van der Waals surface area contributed by atoms with Crippen molar-refractivity contribution in [2.75, 3.05) is 0 Å². The van der Waals surface area contributed by atoms with E-state index in [1.54, 1.807) is 12.1 Å². The number of aromatic carboxylic acids is 1. The van der Waals surface area contributed by atoms with E-state index in [0.29, 0.717) is 11.1 Å². The Bertz CT molecular complexity index is 676. The molecule has 2 N–H and O–H groups in total. The van der Waals surface area contributed by atoms with Gasteiger partial charge < -0.3 is 10.1 Å². The van der Waals surface area contributed by atoms with Gasteiger partial charge in [-0.3, -0.25) is 4.79 Å². The molecule has 18 heavy (non-hydrogen) atoms. The lowest BCUT2D eigenvalue weighted by molar-refractivity contribution is 0.0696. The fourth-order valence-corrected chi connectivity index (χ4v) is 1.99. The molecule has 0 saturated carbocycles. The molecule has 0 aliphatic carbocycles. The number of benzene rings is 1. The van der Waals surface area contributed by atoms with Crippen LogP contribution in [-0.4, -0.2) is 16.1 Å². The van der Waals surface area contributed by atoms with E-state index in [4.69, 9.17) is 5.11 Å². The van der Waals surface area contributed by atoms with Crippen molar-refractivity contribution in [1.82, 2.24) is 4.98 Å². The largest absolute Gasteiger partial charge is 0.477 e. The molecular formula is C13H10BrNO3. The Hall–Kier alpha value is -1.88. The molecule has 0 fully saturated rings. The van der Waals surface area contributed by atoms with Crippen molar-refractivity contribution in [1.29, 1.82) is 0 Å². The lowest BCUT2D eigenvalue weighted by atomic mass is 10.00. The van der Waals surface area contributed by atoms with Crippen LogP contribution in [0.4, 0.5) is 0 Å². The first-order valence-electron chi connectivity index (χ1n) is 5.22. The summed E-state index contributed by atoms with van der Waals surface area (Å²) in [7, 11) is 0. The van der Waals surface area contributed by atoms with Gasteiger partial charge in [-0.2, -0.15) is 0 Å². The van der Waals surface area contributed by atoms with Crippen LogP contribution in [0.5, 0.6) is 0 Å². The fraction of sp³-hybridized carbons (Fsp3) is 0.0769. The number of aromatic amines is 1. The van der Waals surface area contributed by atoms with Crippen molar-refractivity contribution in [3.05, 3.63) is 56.4 Å². The molecule has 0 radical (unpaired) electrons. The van der Waals surface area contributed by atoms with Gasteiger partial charge in [0.15, 0.2) is 0 Å². The monoisotopic (exact) mass is 307 g/mol. The van der Waals surface area contributed by atoms with Crippen molar-refractivity contribution in [2.24, 2.45) is 0 Å².